The Morgan fingerprint density at radius 2 is 1.81 bits per heavy atom. The lowest BCUT2D eigenvalue weighted by Gasteiger charge is -2.27. The molecule has 0 saturated heterocycles. The first-order valence-corrected chi connectivity index (χ1v) is 12.3. The predicted molar refractivity (Wildman–Crippen MR) is 133 cm³/mol. The van der Waals surface area contributed by atoms with Gasteiger partial charge in [-0.05, 0) is 70.6 Å². The molecule has 1 fully saturated rings. The highest BCUT2D eigenvalue weighted by Gasteiger charge is 2.23. The Morgan fingerprint density at radius 3 is 2.44 bits per heavy atom. The van der Waals surface area contributed by atoms with Gasteiger partial charge in [0, 0.05) is 13.1 Å². The van der Waals surface area contributed by atoms with Crippen LogP contribution in [0.15, 0.2) is 12.1 Å². The molecule has 176 valence electrons. The number of ether oxygens (including phenoxy) is 2. The largest absolute Gasteiger partial charge is 0.490 e. The minimum absolute atomic E-state index is 0.0768. The first-order chi connectivity index (χ1) is 15.3. The molecule has 1 heterocycles. The van der Waals surface area contributed by atoms with E-state index in [9.17, 15) is 0 Å². The molecule has 1 aromatic carbocycles. The normalized spacial score (nSPS) is 13.5. The Hall–Kier alpha value is -2.30. The van der Waals surface area contributed by atoms with Gasteiger partial charge in [0.05, 0.1) is 24.5 Å². The summed E-state index contributed by atoms with van der Waals surface area (Å²) in [5.41, 5.74) is 5.21. The summed E-state index contributed by atoms with van der Waals surface area (Å²) in [4.78, 5) is 12.3. The summed E-state index contributed by atoms with van der Waals surface area (Å²) in [5.74, 6) is 3.14. The van der Waals surface area contributed by atoms with Gasteiger partial charge in [-0.15, -0.1) is 0 Å². The number of hydrogen-bond acceptors (Lipinski definition) is 5. The minimum atomic E-state index is 0.0768. The Labute approximate surface area is 194 Å². The van der Waals surface area contributed by atoms with Crippen LogP contribution < -0.4 is 14.4 Å². The molecule has 1 aliphatic rings. The van der Waals surface area contributed by atoms with Gasteiger partial charge in [0.1, 0.15) is 11.4 Å². The second kappa shape index (κ2) is 11.0. The molecule has 1 aromatic heterocycles. The molecule has 0 aliphatic heterocycles. The average Bonchev–Trinajstić information content (AvgIpc) is 3.53. The van der Waals surface area contributed by atoms with Gasteiger partial charge in [0.25, 0.3) is 0 Å². The average molecular weight is 440 g/mol. The lowest BCUT2D eigenvalue weighted by atomic mass is 10.0. The van der Waals surface area contributed by atoms with Crippen LogP contribution in [0.5, 0.6) is 11.6 Å². The van der Waals surface area contributed by atoms with E-state index in [-0.39, 0.29) is 6.10 Å². The fourth-order valence-corrected chi connectivity index (χ4v) is 4.47. The number of aryl methyl sites for hydroxylation is 3. The van der Waals surface area contributed by atoms with Crippen LogP contribution in [0.25, 0.3) is 11.4 Å². The molecule has 5 heteroatoms. The highest BCUT2D eigenvalue weighted by Crippen LogP contribution is 2.38. The first-order valence-electron chi connectivity index (χ1n) is 12.3. The van der Waals surface area contributed by atoms with Crippen LogP contribution in [0.1, 0.15) is 76.1 Å². The zero-order valence-electron chi connectivity index (χ0n) is 21.1. The number of methoxy groups -OCH3 is 1. The summed E-state index contributed by atoms with van der Waals surface area (Å²) in [6.45, 7) is 14.6. The van der Waals surface area contributed by atoms with Crippen LogP contribution in [0.4, 0.5) is 5.69 Å². The zero-order chi connectivity index (χ0) is 23.3. The molecule has 0 radical (unpaired) electrons. The number of rotatable bonds is 12. The first kappa shape index (κ1) is 24.3. The van der Waals surface area contributed by atoms with Gasteiger partial charge in [-0.2, -0.15) is 4.98 Å². The van der Waals surface area contributed by atoms with E-state index in [4.69, 9.17) is 19.4 Å². The van der Waals surface area contributed by atoms with Crippen LogP contribution in [-0.4, -0.2) is 36.3 Å². The van der Waals surface area contributed by atoms with Crippen molar-refractivity contribution in [3.8, 4) is 23.0 Å². The van der Waals surface area contributed by atoms with Gasteiger partial charge < -0.3 is 14.4 Å². The van der Waals surface area contributed by atoms with Crippen LogP contribution >= 0.6 is 0 Å². The Bertz CT molecular complexity index is 906. The Morgan fingerprint density at radius 1 is 1.06 bits per heavy atom. The smallest absolute Gasteiger partial charge is 0.241 e. The molecule has 0 atom stereocenters. The van der Waals surface area contributed by atoms with Crippen LogP contribution in [-0.2, 0) is 0 Å². The predicted octanol–water partition coefficient (Wildman–Crippen LogP) is 6.66. The zero-order valence-corrected chi connectivity index (χ0v) is 21.1. The summed E-state index contributed by atoms with van der Waals surface area (Å²) in [7, 11) is 1.71. The van der Waals surface area contributed by atoms with Crippen LogP contribution in [0.2, 0.25) is 0 Å². The third-order valence-corrected chi connectivity index (χ3v) is 6.05. The topological polar surface area (TPSA) is 47.5 Å². The number of unbranched alkanes of at least 4 members (excludes halogenated alkanes) is 1. The molecule has 32 heavy (non-hydrogen) atoms. The lowest BCUT2D eigenvalue weighted by Crippen LogP contribution is -2.27. The molecule has 0 amide bonds. The second-order valence-corrected chi connectivity index (χ2v) is 9.54. The molecular weight excluding hydrogens is 398 g/mol. The van der Waals surface area contributed by atoms with Crippen LogP contribution in [0.3, 0.4) is 0 Å². The molecule has 1 saturated carbocycles. The number of benzene rings is 1. The van der Waals surface area contributed by atoms with E-state index in [1.165, 1.54) is 37.7 Å². The number of anilines is 1. The van der Waals surface area contributed by atoms with Crippen molar-refractivity contribution >= 4 is 5.69 Å². The Kier molecular flexibility index (Phi) is 8.38. The van der Waals surface area contributed by atoms with E-state index >= 15 is 0 Å². The number of hydrogen-bond donors (Lipinski definition) is 0. The molecule has 2 aromatic rings. The fourth-order valence-electron chi connectivity index (χ4n) is 4.47. The quantitative estimate of drug-likeness (QED) is 0.346. The van der Waals surface area contributed by atoms with E-state index in [0.29, 0.717) is 11.7 Å². The second-order valence-electron chi connectivity index (χ2n) is 9.54. The van der Waals surface area contributed by atoms with Crippen molar-refractivity contribution in [3.63, 3.8) is 0 Å². The maximum Gasteiger partial charge on any atom is 0.241 e. The van der Waals surface area contributed by atoms with Crippen molar-refractivity contribution in [3.05, 3.63) is 29.0 Å². The van der Waals surface area contributed by atoms with Crippen molar-refractivity contribution in [1.29, 1.82) is 0 Å². The van der Waals surface area contributed by atoms with Gasteiger partial charge in [-0.3, -0.25) is 0 Å². The molecule has 1 aliphatic carbocycles. The standard InChI is InChI=1S/C27H41N3O2/c1-8-14-30(15-10-9-11-22-12-13-22)25-21(6)28-26(29-27(25)31-7)24-20(5)16-19(4)17-23(24)32-18(2)3/h16-18,22H,8-15H2,1-7H3. The van der Waals surface area contributed by atoms with Gasteiger partial charge in [0.2, 0.25) is 5.88 Å². The summed E-state index contributed by atoms with van der Waals surface area (Å²) < 4.78 is 12.0. The minimum Gasteiger partial charge on any atom is -0.490 e. The molecule has 5 nitrogen and oxygen atoms in total. The van der Waals surface area contributed by atoms with Crippen molar-refractivity contribution in [2.45, 2.75) is 86.2 Å². The lowest BCUT2D eigenvalue weighted by molar-refractivity contribution is 0.243. The van der Waals surface area contributed by atoms with Crippen molar-refractivity contribution in [1.82, 2.24) is 9.97 Å². The number of nitrogens with zero attached hydrogens (tertiary/aromatic N) is 3. The third-order valence-electron chi connectivity index (χ3n) is 6.05. The fraction of sp³-hybridized carbons (Fsp3) is 0.630. The Balaban J connectivity index is 1.95. The SMILES string of the molecule is CCCN(CCCCC1CC1)c1c(C)nc(-c2c(C)cc(C)cc2OC(C)C)nc1OC. The van der Waals surface area contributed by atoms with Crippen molar-refractivity contribution in [2.24, 2.45) is 5.92 Å². The van der Waals surface area contributed by atoms with E-state index in [1.54, 1.807) is 7.11 Å². The summed E-state index contributed by atoms with van der Waals surface area (Å²) >= 11 is 0. The van der Waals surface area contributed by atoms with E-state index in [0.717, 1.165) is 53.7 Å². The highest BCUT2D eigenvalue weighted by atomic mass is 16.5. The van der Waals surface area contributed by atoms with Crippen molar-refractivity contribution in [2.75, 3.05) is 25.1 Å². The van der Waals surface area contributed by atoms with Crippen molar-refractivity contribution < 1.29 is 9.47 Å². The third kappa shape index (κ3) is 6.14. The van der Waals surface area contributed by atoms with Gasteiger partial charge >= 0.3 is 0 Å². The number of aromatic nitrogens is 2. The van der Waals surface area contributed by atoms with E-state index in [2.05, 4.69) is 44.7 Å². The molecule has 0 N–H and O–H groups in total. The molecule has 0 unspecified atom stereocenters. The van der Waals surface area contributed by atoms with Gasteiger partial charge in [-0.1, -0.05) is 38.7 Å². The van der Waals surface area contributed by atoms with E-state index < -0.39 is 0 Å². The summed E-state index contributed by atoms with van der Waals surface area (Å²) in [5, 5.41) is 0. The van der Waals surface area contributed by atoms with Gasteiger partial charge in [-0.25, -0.2) is 4.98 Å². The monoisotopic (exact) mass is 439 g/mol. The van der Waals surface area contributed by atoms with Crippen LogP contribution in [0, 0.1) is 26.7 Å². The highest BCUT2D eigenvalue weighted by molar-refractivity contribution is 5.72. The molecule has 0 spiro atoms. The van der Waals surface area contributed by atoms with E-state index in [1.807, 2.05) is 13.8 Å². The molecular formula is C27H41N3O2. The molecule has 3 rings (SSSR count). The maximum atomic E-state index is 6.15. The molecule has 0 bridgehead atoms. The summed E-state index contributed by atoms with van der Waals surface area (Å²) in [6.07, 6.45) is 7.89. The van der Waals surface area contributed by atoms with Gasteiger partial charge in [0.15, 0.2) is 5.82 Å². The summed E-state index contributed by atoms with van der Waals surface area (Å²) in [6, 6.07) is 4.23. The maximum absolute atomic E-state index is 6.15.